The monoisotopic (exact) mass is 221 g/mol. The topological polar surface area (TPSA) is 23.1 Å². The Labute approximate surface area is 101 Å². The summed E-state index contributed by atoms with van der Waals surface area (Å²) >= 11 is 0. The first-order valence-electron chi connectivity index (χ1n) is 5.47. The predicted octanol–water partition coefficient (Wildman–Crippen LogP) is 2.99. The summed E-state index contributed by atoms with van der Waals surface area (Å²) in [5.41, 5.74) is 2.54. The van der Waals surface area contributed by atoms with E-state index in [1.165, 1.54) is 6.08 Å². The molecular weight excluding hydrogens is 208 g/mol. The number of rotatable bonds is 3. The molecule has 0 unspecified atom stereocenters. The Morgan fingerprint density at radius 2 is 1.24 bits per heavy atom. The van der Waals surface area contributed by atoms with Crippen molar-refractivity contribution in [2.24, 2.45) is 0 Å². The maximum atomic E-state index is 12.0. The summed E-state index contributed by atoms with van der Waals surface area (Å²) in [6, 6.07) is 19.3. The quantitative estimate of drug-likeness (QED) is 0.577. The van der Waals surface area contributed by atoms with Crippen LogP contribution in [-0.4, -0.2) is 0 Å². The smallest absolute Gasteiger partial charge is 0.0184 e. The van der Waals surface area contributed by atoms with Gasteiger partial charge in [0.15, 0.2) is 0 Å². The normalized spacial score (nSPS) is 9.65. The summed E-state index contributed by atoms with van der Waals surface area (Å²) in [6.07, 6.45) is 1.36. The second-order valence-corrected chi connectivity index (χ2v) is 3.68. The highest BCUT2D eigenvalue weighted by molar-refractivity contribution is 5.81. The van der Waals surface area contributed by atoms with Gasteiger partial charge in [0, 0.05) is 0 Å². The summed E-state index contributed by atoms with van der Waals surface area (Å²) in [4.78, 5) is 0. The molecule has 0 saturated carbocycles. The number of hydrogen-bond donors (Lipinski definition) is 0. The molecule has 0 N–H and O–H groups in total. The van der Waals surface area contributed by atoms with E-state index in [0.717, 1.165) is 11.1 Å². The first kappa shape index (κ1) is 11.2. The van der Waals surface area contributed by atoms with Crippen molar-refractivity contribution in [3.05, 3.63) is 90.2 Å². The van der Waals surface area contributed by atoms with E-state index in [4.69, 9.17) is 0 Å². The molecule has 0 bridgehead atoms. The van der Waals surface area contributed by atoms with Crippen LogP contribution in [0.5, 0.6) is 0 Å². The van der Waals surface area contributed by atoms with Gasteiger partial charge in [0.05, 0.1) is 0 Å². The Morgan fingerprint density at radius 3 is 1.59 bits per heavy atom. The van der Waals surface area contributed by atoms with Gasteiger partial charge >= 0.3 is 0 Å². The van der Waals surface area contributed by atoms with E-state index >= 15 is 0 Å². The maximum Gasteiger partial charge on any atom is -0.0184 e. The molecule has 2 aromatic carbocycles. The molecule has 0 atom stereocenters. The molecule has 0 amide bonds. The molecule has 0 saturated heterocycles. The van der Waals surface area contributed by atoms with Crippen LogP contribution < -0.4 is 5.11 Å². The molecule has 84 valence electrons. The summed E-state index contributed by atoms with van der Waals surface area (Å²) in [5.74, 6) is -0.0533. The molecule has 1 heteroatoms. The fraction of sp³-hybridized carbons (Fsp3) is 0. The lowest BCUT2D eigenvalue weighted by atomic mass is 9.97. The van der Waals surface area contributed by atoms with Crippen LogP contribution in [-0.2, 0) is 0 Å². The minimum absolute atomic E-state index is 0.0533. The molecule has 17 heavy (non-hydrogen) atoms. The van der Waals surface area contributed by atoms with Crippen molar-refractivity contribution in [1.29, 1.82) is 0 Å². The van der Waals surface area contributed by atoms with Crippen LogP contribution in [0.15, 0.2) is 79.1 Å². The lowest BCUT2D eigenvalue weighted by Gasteiger charge is -2.17. The van der Waals surface area contributed by atoms with Crippen molar-refractivity contribution in [1.82, 2.24) is 0 Å². The fourth-order valence-electron chi connectivity index (χ4n) is 1.76. The van der Waals surface area contributed by atoms with Crippen LogP contribution in [0, 0.1) is 0 Å². The van der Waals surface area contributed by atoms with Crippen molar-refractivity contribution in [3.63, 3.8) is 0 Å². The number of benzene rings is 2. The van der Waals surface area contributed by atoms with Gasteiger partial charge in [-0.1, -0.05) is 73.3 Å². The number of hydrogen-bond acceptors (Lipinski definition) is 1. The maximum absolute atomic E-state index is 12.0. The van der Waals surface area contributed by atoms with Gasteiger partial charge in [0.1, 0.15) is 0 Å². The minimum Gasteiger partial charge on any atom is -0.872 e. The SMILES string of the molecule is C=CC([O-])=C(c1ccccc1)c1ccccc1. The Balaban J connectivity index is 2.60. The average molecular weight is 221 g/mol. The van der Waals surface area contributed by atoms with Crippen LogP contribution in [0.3, 0.4) is 0 Å². The van der Waals surface area contributed by atoms with E-state index in [2.05, 4.69) is 6.58 Å². The van der Waals surface area contributed by atoms with Gasteiger partial charge < -0.3 is 5.11 Å². The second kappa shape index (κ2) is 5.17. The standard InChI is InChI=1S/C16H14O/c1-2-15(17)16(13-9-5-3-6-10-13)14-11-7-4-8-12-14/h2-12,17H,1H2/p-1. The first-order chi connectivity index (χ1) is 8.33. The van der Waals surface area contributed by atoms with Crippen LogP contribution in [0.25, 0.3) is 5.57 Å². The van der Waals surface area contributed by atoms with Crippen molar-refractivity contribution in [3.8, 4) is 0 Å². The zero-order valence-corrected chi connectivity index (χ0v) is 9.47. The molecule has 0 aromatic heterocycles. The van der Waals surface area contributed by atoms with Crippen LogP contribution in [0.4, 0.5) is 0 Å². The lowest BCUT2D eigenvalue weighted by molar-refractivity contribution is -0.293. The van der Waals surface area contributed by atoms with Gasteiger partial charge in [0.25, 0.3) is 0 Å². The molecule has 0 aliphatic rings. The summed E-state index contributed by atoms with van der Waals surface area (Å²) in [5, 5.41) is 12.0. The predicted molar refractivity (Wildman–Crippen MR) is 69.1 cm³/mol. The highest BCUT2D eigenvalue weighted by Gasteiger charge is 2.03. The third kappa shape index (κ3) is 2.45. The minimum atomic E-state index is -0.0533. The van der Waals surface area contributed by atoms with Crippen LogP contribution >= 0.6 is 0 Å². The lowest BCUT2D eigenvalue weighted by Crippen LogP contribution is -2.05. The van der Waals surface area contributed by atoms with E-state index in [-0.39, 0.29) is 5.76 Å². The van der Waals surface area contributed by atoms with E-state index in [1.807, 2.05) is 60.7 Å². The van der Waals surface area contributed by atoms with E-state index in [9.17, 15) is 5.11 Å². The van der Waals surface area contributed by atoms with Gasteiger partial charge in [-0.15, -0.1) is 5.76 Å². The highest BCUT2D eigenvalue weighted by Crippen LogP contribution is 2.24. The third-order valence-corrected chi connectivity index (χ3v) is 2.56. The summed E-state index contributed by atoms with van der Waals surface area (Å²) < 4.78 is 0. The third-order valence-electron chi connectivity index (χ3n) is 2.56. The van der Waals surface area contributed by atoms with Gasteiger partial charge in [-0.25, -0.2) is 0 Å². The molecule has 2 rings (SSSR count). The average Bonchev–Trinajstić information content (AvgIpc) is 2.41. The fourth-order valence-corrected chi connectivity index (χ4v) is 1.76. The zero-order chi connectivity index (χ0) is 12.1. The van der Waals surface area contributed by atoms with E-state index in [1.54, 1.807) is 0 Å². The summed E-state index contributed by atoms with van der Waals surface area (Å²) in [6.45, 7) is 3.56. The molecule has 0 aliphatic heterocycles. The van der Waals surface area contributed by atoms with Gasteiger partial charge in [-0.3, -0.25) is 0 Å². The van der Waals surface area contributed by atoms with Crippen molar-refractivity contribution in [2.45, 2.75) is 0 Å². The van der Waals surface area contributed by atoms with Gasteiger partial charge in [-0.2, -0.15) is 0 Å². The molecule has 2 aromatic rings. The first-order valence-corrected chi connectivity index (χ1v) is 5.47. The molecule has 0 spiro atoms. The summed E-state index contributed by atoms with van der Waals surface area (Å²) in [7, 11) is 0. The van der Waals surface area contributed by atoms with Crippen molar-refractivity contribution in [2.75, 3.05) is 0 Å². The molecule has 0 fully saturated rings. The Kier molecular flexibility index (Phi) is 3.41. The van der Waals surface area contributed by atoms with Gasteiger partial charge in [-0.05, 0) is 16.7 Å². The van der Waals surface area contributed by atoms with Crippen LogP contribution in [0.2, 0.25) is 0 Å². The van der Waals surface area contributed by atoms with E-state index < -0.39 is 0 Å². The Hall–Kier alpha value is -2.28. The second-order valence-electron chi connectivity index (χ2n) is 3.68. The van der Waals surface area contributed by atoms with E-state index in [0.29, 0.717) is 5.57 Å². The highest BCUT2D eigenvalue weighted by atomic mass is 16.3. The van der Waals surface area contributed by atoms with Crippen molar-refractivity contribution < 1.29 is 5.11 Å². The zero-order valence-electron chi connectivity index (χ0n) is 9.47. The molecule has 1 nitrogen and oxygen atoms in total. The molecular formula is C16H13O-. The largest absolute Gasteiger partial charge is 0.872 e. The molecule has 0 aliphatic carbocycles. The van der Waals surface area contributed by atoms with Gasteiger partial charge in [0.2, 0.25) is 0 Å². The Morgan fingerprint density at radius 1 is 0.824 bits per heavy atom. The molecule has 0 radical (unpaired) electrons. The van der Waals surface area contributed by atoms with Crippen LogP contribution in [0.1, 0.15) is 11.1 Å². The number of allylic oxidation sites excluding steroid dienone is 1. The molecule has 0 heterocycles. The Bertz CT molecular complexity index is 482. The van der Waals surface area contributed by atoms with Crippen molar-refractivity contribution >= 4 is 5.57 Å².